The average Bonchev–Trinajstić information content (AvgIpc) is 3.13. The van der Waals surface area contributed by atoms with E-state index >= 15 is 0 Å². The third-order valence-corrected chi connectivity index (χ3v) is 5.42. The Morgan fingerprint density at radius 2 is 1.59 bits per heavy atom. The second kappa shape index (κ2) is 9.25. The number of thiophene rings is 1. The van der Waals surface area contributed by atoms with Crippen LogP contribution in [0.25, 0.3) is 11.1 Å². The molecule has 3 rings (SSSR count). The van der Waals surface area contributed by atoms with Crippen LogP contribution in [0, 0.1) is 6.92 Å². The number of carbonyl (C=O) groups excluding carboxylic acids is 2. The summed E-state index contributed by atoms with van der Waals surface area (Å²) in [5.74, 6) is 0.466. The predicted molar refractivity (Wildman–Crippen MR) is 114 cm³/mol. The number of carbonyl (C=O) groups is 2. The molecule has 0 aliphatic carbocycles. The van der Waals surface area contributed by atoms with Crippen molar-refractivity contribution < 1.29 is 19.4 Å². The van der Waals surface area contributed by atoms with E-state index in [0.717, 1.165) is 21.8 Å². The number of methoxy groups -OCH3 is 1. The summed E-state index contributed by atoms with van der Waals surface area (Å²) in [7, 11) is 1.63. The topological polar surface area (TPSA) is 87.7 Å². The van der Waals surface area contributed by atoms with E-state index in [1.165, 1.54) is 23.5 Å². The second-order valence-corrected chi connectivity index (χ2v) is 7.62. The highest BCUT2D eigenvalue weighted by atomic mass is 32.1. The molecule has 29 heavy (non-hydrogen) atoms. The Hall–Kier alpha value is -3.32. The molecule has 150 valence electrons. The number of benzene rings is 2. The molecule has 3 aromatic rings. The molecular formula is C22H22N2O4S. The number of aryl methyl sites for hydroxylation is 1. The van der Waals surface area contributed by atoms with Gasteiger partial charge in [-0.3, -0.25) is 9.59 Å². The fraction of sp³-hybridized carbons (Fsp3) is 0.182. The van der Waals surface area contributed by atoms with Gasteiger partial charge >= 0.3 is 0 Å². The van der Waals surface area contributed by atoms with Gasteiger partial charge in [0.1, 0.15) is 11.5 Å². The van der Waals surface area contributed by atoms with Gasteiger partial charge in [-0.15, -0.1) is 11.3 Å². The molecule has 3 N–H and O–H groups in total. The molecule has 0 aliphatic rings. The molecule has 0 radical (unpaired) electrons. The second-order valence-electron chi connectivity index (χ2n) is 6.37. The highest BCUT2D eigenvalue weighted by Gasteiger charge is 2.14. The number of hydrogen-bond acceptors (Lipinski definition) is 5. The molecule has 7 heteroatoms. The van der Waals surface area contributed by atoms with Crippen molar-refractivity contribution in [2.24, 2.45) is 0 Å². The zero-order chi connectivity index (χ0) is 20.8. The Balaban J connectivity index is 1.53. The maximum absolute atomic E-state index is 12.4. The van der Waals surface area contributed by atoms with Crippen molar-refractivity contribution in [2.75, 3.05) is 20.2 Å². The van der Waals surface area contributed by atoms with Gasteiger partial charge in [-0.1, -0.05) is 12.1 Å². The van der Waals surface area contributed by atoms with Crippen molar-refractivity contribution in [3.05, 3.63) is 69.9 Å². The van der Waals surface area contributed by atoms with E-state index in [4.69, 9.17) is 4.74 Å². The average molecular weight is 410 g/mol. The summed E-state index contributed by atoms with van der Waals surface area (Å²) < 4.78 is 5.18. The lowest BCUT2D eigenvalue weighted by molar-refractivity contribution is 0.0929. The van der Waals surface area contributed by atoms with Gasteiger partial charge in [0.2, 0.25) is 0 Å². The molecule has 2 aromatic carbocycles. The molecule has 0 spiro atoms. The van der Waals surface area contributed by atoms with Gasteiger partial charge in [-0.25, -0.2) is 0 Å². The highest BCUT2D eigenvalue weighted by molar-refractivity contribution is 7.14. The standard InChI is InChI=1S/C22H22N2O4S/c1-14-19(15-5-9-18(28-2)10-6-15)13-20(29-14)22(27)24-12-11-23-21(26)16-3-7-17(25)8-4-16/h3-10,13,25H,11-12H2,1-2H3,(H,23,26)(H,24,27). The van der Waals surface area contributed by atoms with Gasteiger partial charge in [0, 0.05) is 23.5 Å². The van der Waals surface area contributed by atoms with Gasteiger partial charge in [0.05, 0.1) is 12.0 Å². The Morgan fingerprint density at radius 1 is 0.966 bits per heavy atom. The molecule has 0 saturated carbocycles. The summed E-state index contributed by atoms with van der Waals surface area (Å²) in [6, 6.07) is 15.6. The van der Waals surface area contributed by atoms with Gasteiger partial charge < -0.3 is 20.5 Å². The van der Waals surface area contributed by atoms with Crippen LogP contribution < -0.4 is 15.4 Å². The lowest BCUT2D eigenvalue weighted by Crippen LogP contribution is -2.34. The molecule has 1 aromatic heterocycles. The molecule has 0 saturated heterocycles. The molecule has 1 heterocycles. The first-order valence-corrected chi connectivity index (χ1v) is 9.90. The van der Waals surface area contributed by atoms with Crippen LogP contribution in [0.1, 0.15) is 24.9 Å². The van der Waals surface area contributed by atoms with Crippen LogP contribution in [0.5, 0.6) is 11.5 Å². The Bertz CT molecular complexity index is 995. The minimum atomic E-state index is -0.256. The number of phenolic OH excluding ortho intramolecular Hbond substituents is 1. The fourth-order valence-electron chi connectivity index (χ4n) is 2.81. The van der Waals surface area contributed by atoms with Crippen molar-refractivity contribution in [3.8, 4) is 22.6 Å². The van der Waals surface area contributed by atoms with Gasteiger partial charge in [0.25, 0.3) is 11.8 Å². The Kier molecular flexibility index (Phi) is 6.51. The number of aromatic hydroxyl groups is 1. The van der Waals surface area contributed by atoms with Crippen LogP contribution in [0.15, 0.2) is 54.6 Å². The number of hydrogen-bond donors (Lipinski definition) is 3. The summed E-state index contributed by atoms with van der Waals surface area (Å²) in [5.41, 5.74) is 2.50. The van der Waals surface area contributed by atoms with Crippen molar-refractivity contribution >= 4 is 23.2 Å². The van der Waals surface area contributed by atoms with Crippen LogP contribution in [-0.4, -0.2) is 37.1 Å². The summed E-state index contributed by atoms with van der Waals surface area (Å²) in [6.07, 6.45) is 0. The molecule has 0 fully saturated rings. The summed E-state index contributed by atoms with van der Waals surface area (Å²) >= 11 is 1.44. The first-order chi connectivity index (χ1) is 14.0. The Labute approximate surface area is 173 Å². The predicted octanol–water partition coefficient (Wildman–Crippen LogP) is 3.60. The van der Waals surface area contributed by atoms with E-state index in [0.29, 0.717) is 23.5 Å². The molecule has 0 unspecified atom stereocenters. The minimum Gasteiger partial charge on any atom is -0.508 e. The third kappa shape index (κ3) is 5.14. The third-order valence-electron chi connectivity index (χ3n) is 4.37. The number of phenols is 1. The summed E-state index contributed by atoms with van der Waals surface area (Å²) in [4.78, 5) is 26.1. The Morgan fingerprint density at radius 3 is 2.21 bits per heavy atom. The van der Waals surface area contributed by atoms with E-state index in [1.807, 2.05) is 37.3 Å². The highest BCUT2D eigenvalue weighted by Crippen LogP contribution is 2.31. The summed E-state index contributed by atoms with van der Waals surface area (Å²) in [5, 5.41) is 14.8. The van der Waals surface area contributed by atoms with Crippen LogP contribution in [0.2, 0.25) is 0 Å². The fourth-order valence-corrected chi connectivity index (χ4v) is 3.76. The maximum Gasteiger partial charge on any atom is 0.261 e. The molecule has 2 amide bonds. The largest absolute Gasteiger partial charge is 0.508 e. The van der Waals surface area contributed by atoms with E-state index in [-0.39, 0.29) is 17.6 Å². The van der Waals surface area contributed by atoms with E-state index in [2.05, 4.69) is 10.6 Å². The van der Waals surface area contributed by atoms with Crippen molar-refractivity contribution in [3.63, 3.8) is 0 Å². The van der Waals surface area contributed by atoms with Crippen molar-refractivity contribution in [1.29, 1.82) is 0 Å². The number of amides is 2. The van der Waals surface area contributed by atoms with Crippen molar-refractivity contribution in [1.82, 2.24) is 10.6 Å². The molecule has 0 atom stereocenters. The van der Waals surface area contributed by atoms with E-state index < -0.39 is 0 Å². The van der Waals surface area contributed by atoms with E-state index in [9.17, 15) is 14.7 Å². The van der Waals surface area contributed by atoms with Crippen LogP contribution in [-0.2, 0) is 0 Å². The smallest absolute Gasteiger partial charge is 0.261 e. The SMILES string of the molecule is COc1ccc(-c2cc(C(=O)NCCNC(=O)c3ccc(O)cc3)sc2C)cc1. The van der Waals surface area contributed by atoms with Gasteiger partial charge in [0.15, 0.2) is 0 Å². The normalized spacial score (nSPS) is 10.4. The minimum absolute atomic E-state index is 0.106. The van der Waals surface area contributed by atoms with Crippen LogP contribution in [0.4, 0.5) is 0 Å². The monoisotopic (exact) mass is 410 g/mol. The zero-order valence-electron chi connectivity index (χ0n) is 16.2. The zero-order valence-corrected chi connectivity index (χ0v) is 17.0. The summed E-state index contributed by atoms with van der Waals surface area (Å²) in [6.45, 7) is 2.61. The molecule has 0 aliphatic heterocycles. The molecular weight excluding hydrogens is 388 g/mol. The molecule has 6 nitrogen and oxygen atoms in total. The first kappa shape index (κ1) is 20.4. The maximum atomic E-state index is 12.4. The number of ether oxygens (including phenoxy) is 1. The lowest BCUT2D eigenvalue weighted by Gasteiger charge is -2.06. The van der Waals surface area contributed by atoms with Crippen LogP contribution in [0.3, 0.4) is 0 Å². The van der Waals surface area contributed by atoms with Crippen LogP contribution >= 0.6 is 11.3 Å². The quantitative estimate of drug-likeness (QED) is 0.520. The van der Waals surface area contributed by atoms with Gasteiger partial charge in [-0.2, -0.15) is 0 Å². The first-order valence-electron chi connectivity index (χ1n) is 9.08. The van der Waals surface area contributed by atoms with Gasteiger partial charge in [-0.05, 0) is 60.5 Å². The number of nitrogens with one attached hydrogen (secondary N) is 2. The van der Waals surface area contributed by atoms with Crippen molar-refractivity contribution in [2.45, 2.75) is 6.92 Å². The number of rotatable bonds is 7. The molecule has 0 bridgehead atoms. The lowest BCUT2D eigenvalue weighted by atomic mass is 10.1. The van der Waals surface area contributed by atoms with E-state index in [1.54, 1.807) is 19.2 Å².